The number of amides is 1. The molecule has 0 bridgehead atoms. The molecule has 2 N–H and O–H groups in total. The Kier molecular flexibility index (Phi) is 7.39. The summed E-state index contributed by atoms with van der Waals surface area (Å²) in [6.45, 7) is -0.0167. The van der Waals surface area contributed by atoms with Crippen molar-refractivity contribution in [2.24, 2.45) is 0 Å². The van der Waals surface area contributed by atoms with Crippen LogP contribution in [0.3, 0.4) is 0 Å². The molecule has 0 saturated heterocycles. The molecule has 5 nitrogen and oxygen atoms in total. The average molecular weight is 308 g/mol. The number of carbonyl (C=O) groups excluding carboxylic acids is 1. The van der Waals surface area contributed by atoms with Crippen molar-refractivity contribution in [3.05, 3.63) is 65.2 Å². The standard InChI is InChI=1S/C14H12ClNO2.CH2O2/c15-12-8-4-5-9-13(12)16-14(17)18-10-11-6-2-1-3-7-11;2-1-3/h1-9H,10H2,(H,16,17);1H,(H,2,3). The van der Waals surface area contributed by atoms with Gasteiger partial charge in [-0.05, 0) is 17.7 Å². The lowest BCUT2D eigenvalue weighted by Crippen LogP contribution is -2.13. The first kappa shape index (κ1) is 16.5. The summed E-state index contributed by atoms with van der Waals surface area (Å²) in [5.74, 6) is 0. The molecular weight excluding hydrogens is 294 g/mol. The molecule has 0 aliphatic carbocycles. The van der Waals surface area contributed by atoms with Crippen molar-refractivity contribution in [3.8, 4) is 0 Å². The van der Waals surface area contributed by atoms with Crippen LogP contribution in [0.4, 0.5) is 10.5 Å². The smallest absolute Gasteiger partial charge is 0.412 e. The quantitative estimate of drug-likeness (QED) is 0.846. The number of ether oxygens (including phenoxy) is 1. The van der Waals surface area contributed by atoms with E-state index in [4.69, 9.17) is 26.2 Å². The Morgan fingerprint density at radius 1 is 1.14 bits per heavy atom. The zero-order valence-corrected chi connectivity index (χ0v) is 11.8. The number of rotatable bonds is 3. The van der Waals surface area contributed by atoms with Gasteiger partial charge in [-0.25, -0.2) is 4.79 Å². The molecule has 0 atom stereocenters. The lowest BCUT2D eigenvalue weighted by molar-refractivity contribution is -0.122. The monoisotopic (exact) mass is 307 g/mol. The highest BCUT2D eigenvalue weighted by atomic mass is 35.5. The number of carboxylic acid groups (broad SMARTS) is 1. The minimum absolute atomic E-state index is 0.233. The van der Waals surface area contributed by atoms with Gasteiger partial charge in [0, 0.05) is 0 Å². The van der Waals surface area contributed by atoms with Crippen LogP contribution in [0.1, 0.15) is 5.56 Å². The van der Waals surface area contributed by atoms with Gasteiger partial charge in [-0.2, -0.15) is 0 Å². The van der Waals surface area contributed by atoms with Gasteiger partial charge in [-0.1, -0.05) is 54.1 Å². The first-order chi connectivity index (χ1) is 10.2. The molecule has 0 saturated carbocycles. The van der Waals surface area contributed by atoms with Crippen molar-refractivity contribution in [2.75, 3.05) is 5.32 Å². The van der Waals surface area contributed by atoms with Gasteiger partial charge in [-0.15, -0.1) is 0 Å². The van der Waals surface area contributed by atoms with Crippen LogP contribution in [0, 0.1) is 0 Å². The van der Waals surface area contributed by atoms with E-state index in [0.717, 1.165) is 5.56 Å². The second kappa shape index (κ2) is 9.39. The largest absolute Gasteiger partial charge is 0.483 e. The summed E-state index contributed by atoms with van der Waals surface area (Å²) in [6, 6.07) is 16.5. The van der Waals surface area contributed by atoms with Gasteiger partial charge < -0.3 is 9.84 Å². The Hall–Kier alpha value is -2.53. The fourth-order valence-corrected chi connectivity index (χ4v) is 1.61. The number of anilines is 1. The van der Waals surface area contributed by atoms with Gasteiger partial charge in [0.2, 0.25) is 0 Å². The van der Waals surface area contributed by atoms with Crippen LogP contribution in [0.25, 0.3) is 0 Å². The van der Waals surface area contributed by atoms with E-state index in [1.165, 1.54) is 0 Å². The molecule has 0 heterocycles. The summed E-state index contributed by atoms with van der Waals surface area (Å²) in [6.07, 6.45) is -0.521. The molecule has 0 aliphatic heterocycles. The van der Waals surface area contributed by atoms with E-state index in [2.05, 4.69) is 5.32 Å². The third kappa shape index (κ3) is 6.44. The summed E-state index contributed by atoms with van der Waals surface area (Å²) in [7, 11) is 0. The summed E-state index contributed by atoms with van der Waals surface area (Å²) in [4.78, 5) is 19.9. The van der Waals surface area contributed by atoms with Gasteiger partial charge in [0.05, 0.1) is 10.7 Å². The van der Waals surface area contributed by atoms with Crippen molar-refractivity contribution in [3.63, 3.8) is 0 Å². The summed E-state index contributed by atoms with van der Waals surface area (Å²) in [5.41, 5.74) is 1.48. The fraction of sp³-hybridized carbons (Fsp3) is 0.0667. The molecule has 0 radical (unpaired) electrons. The fourth-order valence-electron chi connectivity index (χ4n) is 1.43. The molecular formula is C15H14ClNO4. The Bertz CT molecular complexity index is 575. The number of halogens is 1. The van der Waals surface area contributed by atoms with Gasteiger partial charge in [0.25, 0.3) is 6.47 Å². The molecule has 2 aromatic carbocycles. The third-order valence-corrected chi connectivity index (χ3v) is 2.65. The van der Waals surface area contributed by atoms with Crippen LogP contribution >= 0.6 is 11.6 Å². The molecule has 2 aromatic rings. The molecule has 0 unspecified atom stereocenters. The van der Waals surface area contributed by atoms with E-state index in [0.29, 0.717) is 10.7 Å². The molecule has 0 aliphatic rings. The first-order valence-corrected chi connectivity index (χ1v) is 6.35. The first-order valence-electron chi connectivity index (χ1n) is 5.97. The number of benzene rings is 2. The van der Waals surface area contributed by atoms with E-state index in [1.54, 1.807) is 24.3 Å². The van der Waals surface area contributed by atoms with Crippen molar-refractivity contribution in [1.82, 2.24) is 0 Å². The minimum atomic E-state index is -0.521. The lowest BCUT2D eigenvalue weighted by Gasteiger charge is -2.08. The predicted molar refractivity (Wildman–Crippen MR) is 80.4 cm³/mol. The molecule has 6 heteroatoms. The molecule has 0 aromatic heterocycles. The molecule has 0 fully saturated rings. The molecule has 110 valence electrons. The minimum Gasteiger partial charge on any atom is -0.483 e. The number of nitrogens with one attached hydrogen (secondary N) is 1. The van der Waals surface area contributed by atoms with Gasteiger partial charge in [0.15, 0.2) is 0 Å². The van der Waals surface area contributed by atoms with Crippen LogP contribution in [0.5, 0.6) is 0 Å². The van der Waals surface area contributed by atoms with Crippen LogP contribution in [0.2, 0.25) is 5.02 Å². The number of hydrogen-bond donors (Lipinski definition) is 2. The third-order valence-electron chi connectivity index (χ3n) is 2.32. The molecule has 0 spiro atoms. The summed E-state index contributed by atoms with van der Waals surface area (Å²) in [5, 5.41) is 9.96. The van der Waals surface area contributed by atoms with E-state index in [9.17, 15) is 4.79 Å². The van der Waals surface area contributed by atoms with Gasteiger partial charge >= 0.3 is 6.09 Å². The maximum atomic E-state index is 11.5. The highest BCUT2D eigenvalue weighted by Gasteiger charge is 2.05. The Morgan fingerprint density at radius 3 is 2.33 bits per heavy atom. The summed E-state index contributed by atoms with van der Waals surface area (Å²) >= 11 is 5.92. The zero-order valence-electron chi connectivity index (χ0n) is 11.0. The SMILES string of the molecule is O=C(Nc1ccccc1Cl)OCc1ccccc1.O=CO. The maximum absolute atomic E-state index is 11.5. The second-order valence-corrected chi connectivity index (χ2v) is 4.18. The van der Waals surface area contributed by atoms with Crippen molar-refractivity contribution >= 4 is 29.9 Å². The van der Waals surface area contributed by atoms with Crippen molar-refractivity contribution < 1.29 is 19.4 Å². The van der Waals surface area contributed by atoms with Gasteiger partial charge in [-0.3, -0.25) is 10.1 Å². The van der Waals surface area contributed by atoms with Crippen molar-refractivity contribution in [1.29, 1.82) is 0 Å². The predicted octanol–water partition coefficient (Wildman–Crippen LogP) is 3.79. The zero-order chi connectivity index (χ0) is 15.5. The summed E-state index contributed by atoms with van der Waals surface area (Å²) < 4.78 is 5.08. The highest BCUT2D eigenvalue weighted by molar-refractivity contribution is 6.33. The van der Waals surface area contributed by atoms with Crippen LogP contribution in [-0.4, -0.2) is 17.7 Å². The van der Waals surface area contributed by atoms with Crippen LogP contribution in [0.15, 0.2) is 54.6 Å². The van der Waals surface area contributed by atoms with Gasteiger partial charge in [0.1, 0.15) is 6.61 Å². The Balaban J connectivity index is 0.000000677. The molecule has 2 rings (SSSR count). The number of carbonyl (C=O) groups is 2. The topological polar surface area (TPSA) is 75.6 Å². The highest BCUT2D eigenvalue weighted by Crippen LogP contribution is 2.20. The van der Waals surface area contributed by atoms with Crippen molar-refractivity contribution in [2.45, 2.75) is 6.61 Å². The molecule has 1 amide bonds. The van der Waals surface area contributed by atoms with E-state index in [1.807, 2.05) is 30.3 Å². The van der Waals surface area contributed by atoms with Crippen LogP contribution < -0.4 is 5.32 Å². The molecule has 21 heavy (non-hydrogen) atoms. The second-order valence-electron chi connectivity index (χ2n) is 3.77. The maximum Gasteiger partial charge on any atom is 0.412 e. The number of hydrogen-bond acceptors (Lipinski definition) is 3. The van der Waals surface area contributed by atoms with E-state index in [-0.39, 0.29) is 13.1 Å². The normalized spacial score (nSPS) is 9.00. The van der Waals surface area contributed by atoms with E-state index < -0.39 is 6.09 Å². The van der Waals surface area contributed by atoms with E-state index >= 15 is 0 Å². The lowest BCUT2D eigenvalue weighted by atomic mass is 10.2. The number of para-hydroxylation sites is 1. The Morgan fingerprint density at radius 2 is 1.71 bits per heavy atom. The average Bonchev–Trinajstić information content (AvgIpc) is 2.49. The Labute approximate surface area is 127 Å². The van der Waals surface area contributed by atoms with Crippen LogP contribution in [-0.2, 0) is 16.1 Å².